The first-order valence-corrected chi connectivity index (χ1v) is 8.94. The van der Waals surface area contributed by atoms with Gasteiger partial charge in [0.25, 0.3) is 0 Å². The molecule has 0 saturated carbocycles. The number of aromatic nitrogens is 4. The van der Waals surface area contributed by atoms with Crippen molar-refractivity contribution in [2.75, 3.05) is 18.0 Å². The number of pyridine rings is 2. The average Bonchev–Trinajstić information content (AvgIpc) is 3.11. The van der Waals surface area contributed by atoms with E-state index in [4.69, 9.17) is 11.6 Å². The molecule has 1 atom stereocenters. The Balaban J connectivity index is 1.54. The van der Waals surface area contributed by atoms with Gasteiger partial charge in [0.15, 0.2) is 0 Å². The summed E-state index contributed by atoms with van der Waals surface area (Å²) < 4.78 is 2.24. The van der Waals surface area contributed by atoms with Gasteiger partial charge < -0.3 is 9.47 Å². The minimum Gasteiger partial charge on any atom is -0.355 e. The zero-order valence-corrected chi connectivity index (χ0v) is 14.7. The Labute approximate surface area is 152 Å². The van der Waals surface area contributed by atoms with Crippen LogP contribution in [-0.2, 0) is 6.54 Å². The molecule has 3 aromatic rings. The van der Waals surface area contributed by atoms with Gasteiger partial charge in [0.2, 0.25) is 0 Å². The van der Waals surface area contributed by atoms with Crippen LogP contribution in [0.1, 0.15) is 30.1 Å². The monoisotopic (exact) mass is 353 g/mol. The molecule has 0 aromatic carbocycles. The predicted molar refractivity (Wildman–Crippen MR) is 99.0 cm³/mol. The molecule has 0 spiro atoms. The molecule has 0 N–H and O–H groups in total. The Bertz CT molecular complexity index is 833. The first-order valence-electron chi connectivity index (χ1n) is 8.56. The third-order valence-electron chi connectivity index (χ3n) is 4.68. The van der Waals surface area contributed by atoms with Crippen LogP contribution < -0.4 is 4.90 Å². The lowest BCUT2D eigenvalue weighted by atomic mass is 9.97. The van der Waals surface area contributed by atoms with Crippen molar-refractivity contribution in [3.05, 3.63) is 71.7 Å². The lowest BCUT2D eigenvalue weighted by Crippen LogP contribution is -2.36. The Morgan fingerprint density at radius 2 is 1.96 bits per heavy atom. The molecular formula is C19H20ClN5. The standard InChI is InChI=1S/C19H20ClN5/c20-17-4-1-7-22-19(17)24-11-2-3-16(14-24)18-23-10-12-25(18)13-15-5-8-21-9-6-15/h1,4-10,12,16H,2-3,11,13-14H2/t16-/m1/s1. The molecule has 5 nitrogen and oxygen atoms in total. The van der Waals surface area contributed by atoms with E-state index < -0.39 is 0 Å². The highest BCUT2D eigenvalue weighted by Gasteiger charge is 2.26. The summed E-state index contributed by atoms with van der Waals surface area (Å²) in [6, 6.07) is 7.86. The summed E-state index contributed by atoms with van der Waals surface area (Å²) in [5.41, 5.74) is 1.23. The van der Waals surface area contributed by atoms with Crippen molar-refractivity contribution in [1.29, 1.82) is 0 Å². The molecule has 4 rings (SSSR count). The highest BCUT2D eigenvalue weighted by molar-refractivity contribution is 6.32. The smallest absolute Gasteiger partial charge is 0.147 e. The molecule has 128 valence electrons. The van der Waals surface area contributed by atoms with E-state index in [1.54, 1.807) is 6.20 Å². The largest absolute Gasteiger partial charge is 0.355 e. The third kappa shape index (κ3) is 3.51. The molecule has 1 fully saturated rings. The van der Waals surface area contributed by atoms with Crippen LogP contribution in [0.4, 0.5) is 5.82 Å². The molecule has 0 amide bonds. The fourth-order valence-electron chi connectivity index (χ4n) is 3.49. The van der Waals surface area contributed by atoms with Crippen LogP contribution in [0.15, 0.2) is 55.2 Å². The van der Waals surface area contributed by atoms with Crippen LogP contribution >= 0.6 is 11.6 Å². The Morgan fingerprint density at radius 1 is 1.08 bits per heavy atom. The first-order chi connectivity index (χ1) is 12.3. The molecular weight excluding hydrogens is 334 g/mol. The van der Waals surface area contributed by atoms with E-state index in [0.717, 1.165) is 44.1 Å². The van der Waals surface area contributed by atoms with E-state index in [2.05, 4.69) is 30.6 Å². The number of piperidine rings is 1. The molecule has 4 heterocycles. The molecule has 0 radical (unpaired) electrons. The number of hydrogen-bond donors (Lipinski definition) is 0. The highest BCUT2D eigenvalue weighted by atomic mass is 35.5. The Kier molecular flexibility index (Phi) is 4.65. The Hall–Kier alpha value is -2.40. The van der Waals surface area contributed by atoms with Gasteiger partial charge in [-0.05, 0) is 42.7 Å². The highest BCUT2D eigenvalue weighted by Crippen LogP contribution is 2.31. The van der Waals surface area contributed by atoms with Gasteiger partial charge in [-0.3, -0.25) is 4.98 Å². The van der Waals surface area contributed by atoms with Crippen LogP contribution in [0.25, 0.3) is 0 Å². The molecule has 0 aliphatic carbocycles. The summed E-state index contributed by atoms with van der Waals surface area (Å²) in [6.45, 7) is 2.70. The van der Waals surface area contributed by atoms with Gasteiger partial charge in [0.1, 0.15) is 11.6 Å². The van der Waals surface area contributed by atoms with Crippen molar-refractivity contribution < 1.29 is 0 Å². The summed E-state index contributed by atoms with van der Waals surface area (Å²) in [5, 5.41) is 0.711. The quantitative estimate of drug-likeness (QED) is 0.716. The van der Waals surface area contributed by atoms with Crippen molar-refractivity contribution in [3.8, 4) is 0 Å². The van der Waals surface area contributed by atoms with E-state index in [1.165, 1.54) is 5.56 Å². The molecule has 1 aliphatic heterocycles. The van der Waals surface area contributed by atoms with Crippen molar-refractivity contribution in [1.82, 2.24) is 19.5 Å². The lowest BCUT2D eigenvalue weighted by molar-refractivity contribution is 0.474. The number of halogens is 1. The SMILES string of the molecule is Clc1cccnc1N1CCC[C@@H](c2nccn2Cc2ccncc2)C1. The molecule has 25 heavy (non-hydrogen) atoms. The van der Waals surface area contributed by atoms with Gasteiger partial charge >= 0.3 is 0 Å². The van der Waals surface area contributed by atoms with E-state index in [9.17, 15) is 0 Å². The molecule has 1 saturated heterocycles. The molecule has 0 bridgehead atoms. The summed E-state index contributed by atoms with van der Waals surface area (Å²) in [7, 11) is 0. The van der Waals surface area contributed by atoms with Crippen LogP contribution in [0.5, 0.6) is 0 Å². The summed E-state index contributed by atoms with van der Waals surface area (Å²) in [6.07, 6.45) is 11.7. The minimum absolute atomic E-state index is 0.378. The van der Waals surface area contributed by atoms with Crippen molar-refractivity contribution >= 4 is 17.4 Å². The number of anilines is 1. The second-order valence-corrected chi connectivity index (χ2v) is 6.77. The van der Waals surface area contributed by atoms with Crippen LogP contribution in [0.3, 0.4) is 0 Å². The van der Waals surface area contributed by atoms with E-state index in [0.29, 0.717) is 10.9 Å². The minimum atomic E-state index is 0.378. The zero-order chi connectivity index (χ0) is 17.1. The van der Waals surface area contributed by atoms with Gasteiger partial charge in [0, 0.05) is 56.5 Å². The maximum Gasteiger partial charge on any atom is 0.147 e. The lowest BCUT2D eigenvalue weighted by Gasteiger charge is -2.33. The van der Waals surface area contributed by atoms with Gasteiger partial charge in [-0.2, -0.15) is 0 Å². The summed E-state index contributed by atoms with van der Waals surface area (Å²) in [5.74, 6) is 2.39. The summed E-state index contributed by atoms with van der Waals surface area (Å²) in [4.78, 5) is 15.5. The van der Waals surface area contributed by atoms with Crippen LogP contribution in [-0.4, -0.2) is 32.6 Å². The second-order valence-electron chi connectivity index (χ2n) is 6.36. The normalized spacial score (nSPS) is 17.6. The van der Waals surface area contributed by atoms with Gasteiger partial charge in [-0.25, -0.2) is 9.97 Å². The molecule has 3 aromatic heterocycles. The number of imidazole rings is 1. The maximum absolute atomic E-state index is 6.34. The zero-order valence-electron chi connectivity index (χ0n) is 13.9. The van der Waals surface area contributed by atoms with Gasteiger partial charge in [-0.15, -0.1) is 0 Å². The van der Waals surface area contributed by atoms with Crippen molar-refractivity contribution in [3.63, 3.8) is 0 Å². The second kappa shape index (κ2) is 7.23. The van der Waals surface area contributed by atoms with E-state index >= 15 is 0 Å². The molecule has 0 unspecified atom stereocenters. The summed E-state index contributed by atoms with van der Waals surface area (Å²) >= 11 is 6.34. The van der Waals surface area contributed by atoms with Gasteiger partial charge in [-0.1, -0.05) is 11.6 Å². The first kappa shape index (κ1) is 16.1. The average molecular weight is 354 g/mol. The van der Waals surface area contributed by atoms with Crippen LogP contribution in [0.2, 0.25) is 5.02 Å². The van der Waals surface area contributed by atoms with E-state index in [1.807, 2.05) is 42.9 Å². The fourth-order valence-corrected chi connectivity index (χ4v) is 3.73. The van der Waals surface area contributed by atoms with Crippen molar-refractivity contribution in [2.45, 2.75) is 25.3 Å². The topological polar surface area (TPSA) is 46.8 Å². The maximum atomic E-state index is 6.34. The molecule has 6 heteroatoms. The Morgan fingerprint density at radius 3 is 2.80 bits per heavy atom. The van der Waals surface area contributed by atoms with Crippen molar-refractivity contribution in [2.24, 2.45) is 0 Å². The van der Waals surface area contributed by atoms with Crippen LogP contribution in [0, 0.1) is 0 Å². The molecule has 1 aliphatic rings. The fraction of sp³-hybridized carbons (Fsp3) is 0.316. The number of hydrogen-bond acceptors (Lipinski definition) is 4. The number of rotatable bonds is 4. The van der Waals surface area contributed by atoms with Gasteiger partial charge in [0.05, 0.1) is 5.02 Å². The predicted octanol–water partition coefficient (Wildman–Crippen LogP) is 3.76. The number of nitrogens with zero attached hydrogens (tertiary/aromatic N) is 5. The van der Waals surface area contributed by atoms with E-state index in [-0.39, 0.29) is 0 Å². The third-order valence-corrected chi connectivity index (χ3v) is 4.97.